The van der Waals surface area contributed by atoms with Crippen LogP contribution in [-0.4, -0.2) is 24.0 Å². The van der Waals surface area contributed by atoms with Crippen molar-refractivity contribution in [1.29, 1.82) is 0 Å². The van der Waals surface area contributed by atoms with E-state index < -0.39 is 17.5 Å². The molecule has 9 heteroatoms. The molecule has 3 rings (SSSR count). The summed E-state index contributed by atoms with van der Waals surface area (Å²) in [6.45, 7) is 5.07. The van der Waals surface area contributed by atoms with Crippen LogP contribution < -0.4 is 10.6 Å². The molecule has 1 atom stereocenters. The van der Waals surface area contributed by atoms with Gasteiger partial charge in [-0.2, -0.15) is 0 Å². The molecule has 25 heavy (non-hydrogen) atoms. The summed E-state index contributed by atoms with van der Waals surface area (Å²) in [6.07, 6.45) is 0. The van der Waals surface area contributed by atoms with Gasteiger partial charge in [0.15, 0.2) is 5.13 Å². The first-order valence-electron chi connectivity index (χ1n) is 7.50. The molecule has 1 amide bonds. The van der Waals surface area contributed by atoms with Gasteiger partial charge in [0.1, 0.15) is 17.5 Å². The highest BCUT2D eigenvalue weighted by Gasteiger charge is 2.29. The molecule has 0 bridgehead atoms. The first-order chi connectivity index (χ1) is 11.4. The number of nitrogens with one attached hydrogen (secondary N) is 2. The third-order valence-electron chi connectivity index (χ3n) is 4.20. The third-order valence-corrected chi connectivity index (χ3v) is 5.09. The van der Waals surface area contributed by atoms with Crippen molar-refractivity contribution >= 4 is 34.8 Å². The van der Waals surface area contributed by atoms with Crippen molar-refractivity contribution in [3.05, 3.63) is 34.5 Å². The van der Waals surface area contributed by atoms with Crippen LogP contribution in [0.3, 0.4) is 0 Å². The molecule has 1 aromatic heterocycles. The molecule has 1 aliphatic heterocycles. The van der Waals surface area contributed by atoms with Crippen LogP contribution in [0.1, 0.15) is 11.8 Å². The van der Waals surface area contributed by atoms with Gasteiger partial charge in [-0.3, -0.25) is 4.79 Å². The molecular formula is C16H17ClF3N3OS. The number of rotatable bonds is 4. The van der Waals surface area contributed by atoms with Gasteiger partial charge < -0.3 is 10.6 Å². The molecule has 4 nitrogen and oxygen atoms in total. The largest absolute Gasteiger partial charge is 0.316 e. The minimum atomic E-state index is -1.02. The van der Waals surface area contributed by atoms with E-state index >= 15 is 0 Å². The molecule has 0 saturated carbocycles. The monoisotopic (exact) mass is 391 g/mol. The molecule has 0 spiro atoms. The number of halogens is 4. The number of nitrogens with zero attached hydrogens (tertiary/aromatic N) is 1. The highest BCUT2D eigenvalue weighted by atomic mass is 35.5. The number of hydrogen-bond acceptors (Lipinski definition) is 4. The second-order valence-electron chi connectivity index (χ2n) is 5.86. The maximum atomic E-state index is 13.9. The zero-order valence-electron chi connectivity index (χ0n) is 13.5. The molecule has 1 aromatic carbocycles. The van der Waals surface area contributed by atoms with E-state index in [0.717, 1.165) is 24.4 Å². The van der Waals surface area contributed by atoms with Crippen LogP contribution in [-0.2, 0) is 4.79 Å². The third kappa shape index (κ3) is 3.96. The zero-order valence-corrected chi connectivity index (χ0v) is 15.2. The smallest absolute Gasteiger partial charge is 0.229 e. The summed E-state index contributed by atoms with van der Waals surface area (Å²) >= 11 is 1.13. The van der Waals surface area contributed by atoms with Gasteiger partial charge in [-0.25, -0.2) is 18.2 Å². The summed E-state index contributed by atoms with van der Waals surface area (Å²) in [5.74, 6) is -3.11. The number of hydrogen-bond donors (Lipinski definition) is 2. The van der Waals surface area contributed by atoms with E-state index in [0.29, 0.717) is 17.0 Å². The van der Waals surface area contributed by atoms with E-state index in [2.05, 4.69) is 15.6 Å². The second kappa shape index (κ2) is 7.72. The average Bonchev–Trinajstić information content (AvgIpc) is 2.76. The van der Waals surface area contributed by atoms with E-state index in [1.807, 2.05) is 6.92 Å². The Balaban J connectivity index is 0.00000225. The molecule has 2 N–H and O–H groups in total. The summed E-state index contributed by atoms with van der Waals surface area (Å²) in [7, 11) is 0. The summed E-state index contributed by atoms with van der Waals surface area (Å²) in [6, 6.07) is 1.22. The fourth-order valence-electron chi connectivity index (χ4n) is 2.55. The first kappa shape index (κ1) is 19.7. The molecule has 1 aliphatic rings. The van der Waals surface area contributed by atoms with Crippen molar-refractivity contribution in [1.82, 2.24) is 10.3 Å². The summed E-state index contributed by atoms with van der Waals surface area (Å²) in [4.78, 5) is 16.9. The van der Waals surface area contributed by atoms with E-state index in [4.69, 9.17) is 0 Å². The Kier molecular flexibility index (Phi) is 6.08. The van der Waals surface area contributed by atoms with E-state index in [1.165, 1.54) is 0 Å². The molecule has 0 aliphatic carbocycles. The van der Waals surface area contributed by atoms with Crippen LogP contribution in [0.25, 0.3) is 11.3 Å². The van der Waals surface area contributed by atoms with Gasteiger partial charge in [-0.1, -0.05) is 6.92 Å². The normalized spacial score (nSPS) is 15.2. The lowest BCUT2D eigenvalue weighted by atomic mass is 9.88. The van der Waals surface area contributed by atoms with E-state index in [9.17, 15) is 18.0 Å². The van der Waals surface area contributed by atoms with Gasteiger partial charge in [-0.05, 0) is 25.9 Å². The summed E-state index contributed by atoms with van der Waals surface area (Å²) in [5, 5.41) is 6.07. The Hall–Kier alpha value is -1.64. The average molecular weight is 392 g/mol. The van der Waals surface area contributed by atoms with Crippen LogP contribution in [0.4, 0.5) is 18.3 Å². The quantitative estimate of drug-likeness (QED) is 0.834. The fourth-order valence-corrected chi connectivity index (χ4v) is 3.37. The van der Waals surface area contributed by atoms with Crippen molar-refractivity contribution in [2.75, 3.05) is 18.4 Å². The number of thiazole rings is 1. The highest BCUT2D eigenvalue weighted by molar-refractivity contribution is 7.16. The SMILES string of the molecule is Cc1sc(NC(=O)C(C)C2CNC2)nc1-c1c(F)cc(F)cc1F.Cl. The minimum Gasteiger partial charge on any atom is -0.316 e. The predicted molar refractivity (Wildman–Crippen MR) is 93.6 cm³/mol. The summed E-state index contributed by atoms with van der Waals surface area (Å²) in [5.41, 5.74) is -0.315. The van der Waals surface area contributed by atoms with Gasteiger partial charge in [0.05, 0.1) is 11.3 Å². The number of carbonyl (C=O) groups excluding carboxylic acids is 1. The Labute approximate surface area is 153 Å². The molecule has 1 unspecified atom stereocenters. The predicted octanol–water partition coefficient (Wildman–Crippen LogP) is 3.75. The van der Waals surface area contributed by atoms with Crippen molar-refractivity contribution in [3.8, 4) is 11.3 Å². The lowest BCUT2D eigenvalue weighted by Gasteiger charge is -2.31. The topological polar surface area (TPSA) is 54.0 Å². The van der Waals surface area contributed by atoms with Gasteiger partial charge in [-0.15, -0.1) is 23.7 Å². The van der Waals surface area contributed by atoms with Crippen LogP contribution in [0.2, 0.25) is 0 Å². The van der Waals surface area contributed by atoms with Crippen molar-refractivity contribution in [3.63, 3.8) is 0 Å². The maximum absolute atomic E-state index is 13.9. The Morgan fingerprint density at radius 3 is 2.44 bits per heavy atom. The van der Waals surface area contributed by atoms with Gasteiger partial charge >= 0.3 is 0 Å². The number of amides is 1. The fraction of sp³-hybridized carbons (Fsp3) is 0.375. The highest BCUT2D eigenvalue weighted by Crippen LogP contribution is 2.34. The molecule has 1 fully saturated rings. The summed E-state index contributed by atoms with van der Waals surface area (Å²) < 4.78 is 40.9. The second-order valence-corrected chi connectivity index (χ2v) is 7.07. The number of aromatic nitrogens is 1. The van der Waals surface area contributed by atoms with Gasteiger partial charge in [0.25, 0.3) is 0 Å². The van der Waals surface area contributed by atoms with Crippen molar-refractivity contribution in [2.45, 2.75) is 13.8 Å². The van der Waals surface area contributed by atoms with Crippen LogP contribution >= 0.6 is 23.7 Å². The lowest BCUT2D eigenvalue weighted by Crippen LogP contribution is -2.48. The number of benzene rings is 1. The lowest BCUT2D eigenvalue weighted by molar-refractivity contribution is -0.121. The van der Waals surface area contributed by atoms with Gasteiger partial charge in [0, 0.05) is 22.9 Å². The van der Waals surface area contributed by atoms with E-state index in [1.54, 1.807) is 6.92 Å². The van der Waals surface area contributed by atoms with Crippen LogP contribution in [0.5, 0.6) is 0 Å². The first-order valence-corrected chi connectivity index (χ1v) is 8.32. The van der Waals surface area contributed by atoms with Crippen LogP contribution in [0.15, 0.2) is 12.1 Å². The van der Waals surface area contributed by atoms with Gasteiger partial charge in [0.2, 0.25) is 5.91 Å². The zero-order chi connectivity index (χ0) is 17.4. The molecule has 1 saturated heterocycles. The van der Waals surface area contributed by atoms with Crippen LogP contribution in [0, 0.1) is 36.2 Å². The minimum absolute atomic E-state index is 0. The standard InChI is InChI=1S/C16H16F3N3OS.ClH/c1-7(9-5-20-6-9)15(23)22-16-21-14(8(2)24-16)13-11(18)3-10(17)4-12(13)19;/h3-4,7,9,20H,5-6H2,1-2H3,(H,21,22,23);1H. The van der Waals surface area contributed by atoms with E-state index in [-0.39, 0.29) is 46.5 Å². The Morgan fingerprint density at radius 2 is 1.92 bits per heavy atom. The van der Waals surface area contributed by atoms with Crippen molar-refractivity contribution < 1.29 is 18.0 Å². The Morgan fingerprint density at radius 1 is 1.32 bits per heavy atom. The molecular weight excluding hydrogens is 375 g/mol. The molecule has 0 radical (unpaired) electrons. The number of carbonyl (C=O) groups is 1. The molecule has 2 aromatic rings. The maximum Gasteiger partial charge on any atom is 0.229 e. The number of anilines is 1. The molecule has 136 valence electrons. The Bertz CT molecular complexity index is 772. The molecule has 2 heterocycles. The number of aryl methyl sites for hydroxylation is 1. The van der Waals surface area contributed by atoms with Crippen molar-refractivity contribution in [2.24, 2.45) is 11.8 Å².